The van der Waals surface area contributed by atoms with Gasteiger partial charge in [0.2, 0.25) is 5.91 Å². The number of fused-ring (bicyclic) bond motifs is 1. The summed E-state index contributed by atoms with van der Waals surface area (Å²) in [5.41, 5.74) is 11.5. The third kappa shape index (κ3) is 4.70. The first-order chi connectivity index (χ1) is 16.5. The van der Waals surface area contributed by atoms with Crippen LogP contribution in [0.15, 0.2) is 21.8 Å². The molecule has 4 atom stereocenters. The molecule has 5 N–H and O–H groups in total. The fraction of sp³-hybridized carbons (Fsp3) is 0.500. The molecule has 3 amide bonds. The largest absolute Gasteiger partial charge is 0.543 e. The van der Waals surface area contributed by atoms with Crippen molar-refractivity contribution in [3.63, 3.8) is 0 Å². The molecule has 15 heteroatoms. The Hall–Kier alpha value is -3.17. The molecule has 2 saturated heterocycles. The van der Waals surface area contributed by atoms with Gasteiger partial charge >= 0.3 is 0 Å². The van der Waals surface area contributed by atoms with Crippen molar-refractivity contribution >= 4 is 57.6 Å². The van der Waals surface area contributed by atoms with Crippen LogP contribution in [0.3, 0.4) is 0 Å². The molecule has 13 nitrogen and oxygen atoms in total. The molecular formula is C20H25N7O6S2. The number of nitrogens with two attached hydrogens (primary N) is 2. The third-order valence-electron chi connectivity index (χ3n) is 6.34. The van der Waals surface area contributed by atoms with Crippen molar-refractivity contribution in [3.8, 4) is 0 Å². The molecule has 3 aliphatic rings. The molecule has 4 heterocycles. The van der Waals surface area contributed by atoms with Crippen molar-refractivity contribution < 1.29 is 33.6 Å². The number of nitrogen functional groups attached to an aromatic ring is 1. The lowest BCUT2D eigenvalue weighted by Gasteiger charge is -2.51. The Morgan fingerprint density at radius 1 is 1.43 bits per heavy atom. The van der Waals surface area contributed by atoms with E-state index >= 15 is 0 Å². The molecule has 188 valence electrons. The zero-order valence-electron chi connectivity index (χ0n) is 19.1. The van der Waals surface area contributed by atoms with E-state index in [-0.39, 0.29) is 34.1 Å². The molecule has 1 aromatic heterocycles. The van der Waals surface area contributed by atoms with Gasteiger partial charge in [0.1, 0.15) is 30.8 Å². The number of carboxylic acids is 1. The highest BCUT2D eigenvalue weighted by molar-refractivity contribution is 8.00. The molecular weight excluding hydrogens is 498 g/mol. The summed E-state index contributed by atoms with van der Waals surface area (Å²) in [4.78, 5) is 59.4. The highest BCUT2D eigenvalue weighted by Crippen LogP contribution is 2.41. The van der Waals surface area contributed by atoms with Crippen LogP contribution in [0, 0.1) is 5.92 Å². The van der Waals surface area contributed by atoms with E-state index in [0.717, 1.165) is 16.2 Å². The van der Waals surface area contributed by atoms with Crippen LogP contribution in [-0.4, -0.2) is 94.7 Å². The van der Waals surface area contributed by atoms with Crippen LogP contribution in [0.5, 0.6) is 0 Å². The number of aliphatic carboxylic acids is 1. The van der Waals surface area contributed by atoms with Crippen molar-refractivity contribution in [2.75, 3.05) is 45.3 Å². The molecule has 1 aromatic rings. The molecule has 4 rings (SSSR count). The Morgan fingerprint density at radius 3 is 2.74 bits per heavy atom. The number of anilines is 1. The van der Waals surface area contributed by atoms with E-state index in [1.54, 1.807) is 0 Å². The number of β-lactam (4-membered cyclic amide) rings is 1. The third-order valence-corrected chi connectivity index (χ3v) is 8.36. The first kappa shape index (κ1) is 24.9. The first-order valence-corrected chi connectivity index (χ1v) is 12.6. The Bertz CT molecular complexity index is 1150. The number of rotatable bonds is 8. The zero-order chi connectivity index (χ0) is 25.5. The molecule has 0 saturated carbocycles. The fourth-order valence-electron chi connectivity index (χ4n) is 4.71. The SMILES string of the molecule is CO/N=C(\C(=O)N[C@@H]1C(=O)N2C(C(=O)[O-])=C(C[N+]3(C)CCC(C(N)=O)C3)CS[C@H]12)c1csc(N)n1. The number of nitrogens with zero attached hydrogens (tertiary/aromatic N) is 4. The first-order valence-electron chi connectivity index (χ1n) is 10.7. The van der Waals surface area contributed by atoms with Gasteiger partial charge in [-0.25, -0.2) is 4.98 Å². The molecule has 2 unspecified atom stereocenters. The number of hydrogen-bond donors (Lipinski definition) is 3. The van der Waals surface area contributed by atoms with E-state index in [1.807, 2.05) is 7.05 Å². The molecule has 35 heavy (non-hydrogen) atoms. The summed E-state index contributed by atoms with van der Waals surface area (Å²) >= 11 is 2.46. The summed E-state index contributed by atoms with van der Waals surface area (Å²) in [6.07, 6.45) is 0.627. The lowest BCUT2D eigenvalue weighted by atomic mass is 10.0. The Morgan fingerprint density at radius 2 is 2.17 bits per heavy atom. The molecule has 3 aliphatic heterocycles. The Labute approximate surface area is 208 Å². The van der Waals surface area contributed by atoms with E-state index < -0.39 is 29.2 Å². The van der Waals surface area contributed by atoms with Gasteiger partial charge in [-0.15, -0.1) is 23.1 Å². The molecule has 0 radical (unpaired) electrons. The average Bonchev–Trinajstić information content (AvgIpc) is 3.40. The number of nitrogens with one attached hydrogen (secondary N) is 1. The van der Waals surface area contributed by atoms with Gasteiger partial charge in [0.05, 0.1) is 37.7 Å². The second kappa shape index (κ2) is 9.47. The van der Waals surface area contributed by atoms with E-state index in [2.05, 4.69) is 15.5 Å². The van der Waals surface area contributed by atoms with Crippen LogP contribution in [0.4, 0.5) is 5.13 Å². The number of carbonyl (C=O) groups excluding carboxylic acids is 4. The van der Waals surface area contributed by atoms with Gasteiger partial charge in [-0.05, 0) is 0 Å². The minimum Gasteiger partial charge on any atom is -0.543 e. The summed E-state index contributed by atoms with van der Waals surface area (Å²) in [7, 11) is 3.20. The van der Waals surface area contributed by atoms with Crippen LogP contribution in [0.25, 0.3) is 0 Å². The predicted octanol–water partition coefficient (Wildman–Crippen LogP) is -2.57. The highest BCUT2D eigenvalue weighted by Gasteiger charge is 2.54. The van der Waals surface area contributed by atoms with Gasteiger partial charge in [-0.1, -0.05) is 5.16 Å². The number of carbonyl (C=O) groups is 4. The summed E-state index contributed by atoms with van der Waals surface area (Å²) in [6.45, 7) is 1.52. The summed E-state index contributed by atoms with van der Waals surface area (Å²) in [5, 5.41) is 19.5. The number of primary amides is 1. The van der Waals surface area contributed by atoms with Crippen LogP contribution >= 0.6 is 23.1 Å². The van der Waals surface area contributed by atoms with Crippen LogP contribution in [-0.2, 0) is 24.0 Å². The van der Waals surface area contributed by atoms with Gasteiger partial charge in [0, 0.05) is 23.1 Å². The van der Waals surface area contributed by atoms with Crippen LogP contribution in [0.1, 0.15) is 12.1 Å². The summed E-state index contributed by atoms with van der Waals surface area (Å²) in [6, 6.07) is -0.961. The highest BCUT2D eigenvalue weighted by atomic mass is 32.2. The molecule has 0 bridgehead atoms. The number of thioether (sulfide) groups is 1. The minimum absolute atomic E-state index is 0.153. The van der Waals surface area contributed by atoms with E-state index in [9.17, 15) is 24.3 Å². The van der Waals surface area contributed by atoms with Gasteiger partial charge < -0.3 is 36.0 Å². The van der Waals surface area contributed by atoms with E-state index in [1.165, 1.54) is 24.3 Å². The molecule has 0 aromatic carbocycles. The topological polar surface area (TPSA) is 193 Å². The number of thiazole rings is 1. The minimum atomic E-state index is -1.46. The maximum Gasteiger partial charge on any atom is 0.276 e. The monoisotopic (exact) mass is 523 g/mol. The van der Waals surface area contributed by atoms with Crippen molar-refractivity contribution in [2.45, 2.75) is 17.8 Å². The van der Waals surface area contributed by atoms with Gasteiger partial charge in [0.25, 0.3) is 11.8 Å². The fourth-order valence-corrected chi connectivity index (χ4v) is 6.60. The predicted molar refractivity (Wildman–Crippen MR) is 125 cm³/mol. The molecule has 0 spiro atoms. The smallest absolute Gasteiger partial charge is 0.276 e. The number of quaternary nitrogens is 1. The Balaban J connectivity index is 1.51. The van der Waals surface area contributed by atoms with Crippen molar-refractivity contribution in [1.82, 2.24) is 15.2 Å². The number of carboxylic acid groups (broad SMARTS) is 1. The lowest BCUT2D eigenvalue weighted by Crippen LogP contribution is -2.71. The maximum atomic E-state index is 13.0. The van der Waals surface area contributed by atoms with Crippen molar-refractivity contribution in [3.05, 3.63) is 22.3 Å². The molecule has 2 fully saturated rings. The summed E-state index contributed by atoms with van der Waals surface area (Å²) in [5.74, 6) is -3.03. The second-order valence-corrected chi connectivity index (χ2v) is 10.9. The summed E-state index contributed by atoms with van der Waals surface area (Å²) < 4.78 is 0.445. The van der Waals surface area contributed by atoms with Crippen LogP contribution in [0.2, 0.25) is 0 Å². The number of amides is 3. The number of likely N-dealkylation sites (tertiary alicyclic amines) is 1. The van der Waals surface area contributed by atoms with Crippen LogP contribution < -0.4 is 21.9 Å². The number of hydrogen-bond acceptors (Lipinski definition) is 11. The van der Waals surface area contributed by atoms with Gasteiger partial charge in [-0.2, -0.15) is 0 Å². The number of aromatic nitrogens is 1. The second-order valence-electron chi connectivity index (χ2n) is 8.87. The van der Waals surface area contributed by atoms with Gasteiger partial charge in [-0.3, -0.25) is 19.3 Å². The lowest BCUT2D eigenvalue weighted by molar-refractivity contribution is -0.894. The maximum absolute atomic E-state index is 13.0. The number of oxime groups is 1. The molecule has 0 aliphatic carbocycles. The van der Waals surface area contributed by atoms with E-state index in [0.29, 0.717) is 41.9 Å². The van der Waals surface area contributed by atoms with Gasteiger partial charge in [0.15, 0.2) is 10.8 Å². The van der Waals surface area contributed by atoms with Crippen molar-refractivity contribution in [1.29, 1.82) is 0 Å². The zero-order valence-corrected chi connectivity index (χ0v) is 20.7. The quantitative estimate of drug-likeness (QED) is 0.142. The average molecular weight is 524 g/mol. The standard InChI is InChI=1S/C20H25N7O6S2/c1-27(4-3-9(5-27)15(21)28)6-10-7-34-18-13(17(30)26(18)14(10)19(31)32)24-16(29)12(25-33-2)11-8-35-20(22)23-11/h8-9,13,18H,3-7H2,1-2H3,(H5-,21,22,23,24,28,29,31,32)/b25-12-/t9?,13-,18-,27?/m1/s1. The number of likely N-dealkylation sites (N-methyl/N-ethyl adjacent to an activating group) is 1. The Kier molecular flexibility index (Phi) is 6.75. The normalized spacial score (nSPS) is 28.4. The van der Waals surface area contributed by atoms with Crippen molar-refractivity contribution in [2.24, 2.45) is 16.8 Å². The van der Waals surface area contributed by atoms with E-state index in [4.69, 9.17) is 16.3 Å².